The van der Waals surface area contributed by atoms with Crippen molar-refractivity contribution in [3.8, 4) is 0 Å². The van der Waals surface area contributed by atoms with E-state index in [9.17, 15) is 0 Å². The molecular weight excluding hydrogens is 188 g/mol. The SMILES string of the molecule is CC1CCCCN1c1nccc(CN)n1. The average Bonchev–Trinajstić information content (AvgIpc) is 2.30. The van der Waals surface area contributed by atoms with Crippen molar-refractivity contribution >= 4 is 5.95 Å². The van der Waals surface area contributed by atoms with E-state index in [4.69, 9.17) is 5.73 Å². The van der Waals surface area contributed by atoms with Gasteiger partial charge in [-0.3, -0.25) is 0 Å². The number of rotatable bonds is 2. The van der Waals surface area contributed by atoms with Crippen molar-refractivity contribution in [2.75, 3.05) is 11.4 Å². The smallest absolute Gasteiger partial charge is 0.225 e. The lowest BCUT2D eigenvalue weighted by Crippen LogP contribution is -2.38. The van der Waals surface area contributed by atoms with Crippen LogP contribution in [0.4, 0.5) is 5.95 Å². The molecule has 82 valence electrons. The fourth-order valence-electron chi connectivity index (χ4n) is 2.03. The highest BCUT2D eigenvalue weighted by molar-refractivity contribution is 5.32. The Morgan fingerprint density at radius 3 is 3.13 bits per heavy atom. The number of anilines is 1. The van der Waals surface area contributed by atoms with Crippen LogP contribution in [0.1, 0.15) is 31.9 Å². The summed E-state index contributed by atoms with van der Waals surface area (Å²) in [4.78, 5) is 11.1. The van der Waals surface area contributed by atoms with Gasteiger partial charge in [-0.05, 0) is 32.3 Å². The van der Waals surface area contributed by atoms with Gasteiger partial charge in [0.2, 0.25) is 5.95 Å². The molecule has 1 aromatic heterocycles. The fourth-order valence-corrected chi connectivity index (χ4v) is 2.03. The molecule has 0 aliphatic carbocycles. The van der Waals surface area contributed by atoms with E-state index in [1.165, 1.54) is 19.3 Å². The number of nitrogens with two attached hydrogens (primary N) is 1. The molecule has 0 aromatic carbocycles. The molecule has 0 saturated carbocycles. The Morgan fingerprint density at radius 1 is 1.53 bits per heavy atom. The van der Waals surface area contributed by atoms with E-state index >= 15 is 0 Å². The summed E-state index contributed by atoms with van der Waals surface area (Å²) >= 11 is 0. The Labute approximate surface area is 90.5 Å². The van der Waals surface area contributed by atoms with Gasteiger partial charge in [0.25, 0.3) is 0 Å². The zero-order valence-corrected chi connectivity index (χ0v) is 9.19. The van der Waals surface area contributed by atoms with Gasteiger partial charge in [-0.15, -0.1) is 0 Å². The van der Waals surface area contributed by atoms with Gasteiger partial charge in [0.05, 0.1) is 5.69 Å². The number of hydrogen-bond acceptors (Lipinski definition) is 4. The van der Waals surface area contributed by atoms with Gasteiger partial charge in [0.15, 0.2) is 0 Å². The molecule has 1 aliphatic rings. The highest BCUT2D eigenvalue weighted by atomic mass is 15.3. The van der Waals surface area contributed by atoms with E-state index in [2.05, 4.69) is 21.8 Å². The quantitative estimate of drug-likeness (QED) is 0.792. The Balaban J connectivity index is 2.19. The van der Waals surface area contributed by atoms with Crippen LogP contribution in [0, 0.1) is 0 Å². The van der Waals surface area contributed by atoms with Crippen molar-refractivity contribution in [1.29, 1.82) is 0 Å². The fraction of sp³-hybridized carbons (Fsp3) is 0.636. The minimum atomic E-state index is 0.484. The van der Waals surface area contributed by atoms with Crippen LogP contribution in [0.5, 0.6) is 0 Å². The van der Waals surface area contributed by atoms with Crippen molar-refractivity contribution < 1.29 is 0 Å². The minimum absolute atomic E-state index is 0.484. The molecule has 4 nitrogen and oxygen atoms in total. The Kier molecular flexibility index (Phi) is 3.16. The summed E-state index contributed by atoms with van der Waals surface area (Å²) in [6, 6.07) is 2.42. The van der Waals surface area contributed by atoms with Crippen molar-refractivity contribution in [1.82, 2.24) is 9.97 Å². The molecule has 1 atom stereocenters. The van der Waals surface area contributed by atoms with E-state index in [0.29, 0.717) is 12.6 Å². The highest BCUT2D eigenvalue weighted by Gasteiger charge is 2.20. The highest BCUT2D eigenvalue weighted by Crippen LogP contribution is 2.20. The molecule has 2 N–H and O–H groups in total. The summed E-state index contributed by atoms with van der Waals surface area (Å²) in [5.41, 5.74) is 6.49. The largest absolute Gasteiger partial charge is 0.338 e. The normalized spacial score (nSPS) is 21.7. The number of nitrogens with zero attached hydrogens (tertiary/aromatic N) is 3. The molecule has 2 rings (SSSR count). The van der Waals surface area contributed by atoms with Crippen molar-refractivity contribution in [3.05, 3.63) is 18.0 Å². The molecule has 1 unspecified atom stereocenters. The Morgan fingerprint density at radius 2 is 2.40 bits per heavy atom. The third kappa shape index (κ3) is 2.26. The summed E-state index contributed by atoms with van der Waals surface area (Å²) in [7, 11) is 0. The second kappa shape index (κ2) is 4.57. The Hall–Kier alpha value is -1.16. The van der Waals surface area contributed by atoms with E-state index in [-0.39, 0.29) is 0 Å². The summed E-state index contributed by atoms with van der Waals surface area (Å²) < 4.78 is 0. The molecular formula is C11H18N4. The van der Waals surface area contributed by atoms with Crippen LogP contribution in [0.25, 0.3) is 0 Å². The lowest BCUT2D eigenvalue weighted by atomic mass is 10.0. The summed E-state index contributed by atoms with van der Waals surface area (Å²) in [6.45, 7) is 3.78. The first-order valence-electron chi connectivity index (χ1n) is 5.60. The minimum Gasteiger partial charge on any atom is -0.338 e. The van der Waals surface area contributed by atoms with Gasteiger partial charge in [-0.25, -0.2) is 9.97 Å². The van der Waals surface area contributed by atoms with Crippen molar-refractivity contribution in [2.45, 2.75) is 38.8 Å². The predicted octanol–water partition coefficient (Wildman–Crippen LogP) is 1.31. The standard InChI is InChI=1S/C11H18N4/c1-9-4-2-3-7-15(9)11-13-6-5-10(8-12)14-11/h5-6,9H,2-4,7-8,12H2,1H3. The van der Waals surface area contributed by atoms with Crippen LogP contribution in [-0.4, -0.2) is 22.6 Å². The monoisotopic (exact) mass is 206 g/mol. The molecule has 0 radical (unpaired) electrons. The van der Waals surface area contributed by atoms with Gasteiger partial charge in [0.1, 0.15) is 0 Å². The molecule has 15 heavy (non-hydrogen) atoms. The number of aromatic nitrogens is 2. The third-order valence-corrected chi connectivity index (χ3v) is 2.97. The first-order chi connectivity index (χ1) is 7.31. The number of piperidine rings is 1. The summed E-state index contributed by atoms with van der Waals surface area (Å²) in [6.07, 6.45) is 5.58. The van der Waals surface area contributed by atoms with E-state index < -0.39 is 0 Å². The molecule has 1 aliphatic heterocycles. The molecule has 1 aromatic rings. The van der Waals surface area contributed by atoms with E-state index in [1.54, 1.807) is 6.20 Å². The maximum atomic E-state index is 5.57. The summed E-state index contributed by atoms with van der Waals surface area (Å²) in [5, 5.41) is 0. The maximum absolute atomic E-state index is 5.57. The van der Waals surface area contributed by atoms with Crippen molar-refractivity contribution in [2.24, 2.45) is 5.73 Å². The van der Waals surface area contributed by atoms with Gasteiger partial charge >= 0.3 is 0 Å². The van der Waals surface area contributed by atoms with E-state index in [0.717, 1.165) is 18.2 Å². The van der Waals surface area contributed by atoms with Crippen LogP contribution in [0.3, 0.4) is 0 Å². The summed E-state index contributed by atoms with van der Waals surface area (Å²) in [5.74, 6) is 0.838. The first kappa shape index (κ1) is 10.4. The molecule has 1 fully saturated rings. The molecule has 0 bridgehead atoms. The topological polar surface area (TPSA) is 55.0 Å². The Bertz CT molecular complexity index is 326. The van der Waals surface area contributed by atoms with Gasteiger partial charge in [0, 0.05) is 25.3 Å². The van der Waals surface area contributed by atoms with Gasteiger partial charge in [-0.2, -0.15) is 0 Å². The zero-order chi connectivity index (χ0) is 10.7. The van der Waals surface area contributed by atoms with Crippen LogP contribution in [-0.2, 0) is 6.54 Å². The lowest BCUT2D eigenvalue weighted by molar-refractivity contribution is 0.476. The number of hydrogen-bond donors (Lipinski definition) is 1. The molecule has 1 saturated heterocycles. The average molecular weight is 206 g/mol. The predicted molar refractivity (Wildman–Crippen MR) is 60.6 cm³/mol. The molecule has 0 spiro atoms. The van der Waals surface area contributed by atoms with Crippen LogP contribution >= 0.6 is 0 Å². The van der Waals surface area contributed by atoms with Crippen LogP contribution < -0.4 is 10.6 Å². The first-order valence-corrected chi connectivity index (χ1v) is 5.60. The molecule has 0 amide bonds. The zero-order valence-electron chi connectivity index (χ0n) is 9.19. The second-order valence-corrected chi connectivity index (χ2v) is 4.09. The lowest BCUT2D eigenvalue weighted by Gasteiger charge is -2.33. The second-order valence-electron chi connectivity index (χ2n) is 4.09. The van der Waals surface area contributed by atoms with Crippen LogP contribution in [0.2, 0.25) is 0 Å². The van der Waals surface area contributed by atoms with E-state index in [1.807, 2.05) is 6.07 Å². The van der Waals surface area contributed by atoms with Gasteiger partial charge < -0.3 is 10.6 Å². The van der Waals surface area contributed by atoms with Gasteiger partial charge in [-0.1, -0.05) is 0 Å². The third-order valence-electron chi connectivity index (χ3n) is 2.97. The van der Waals surface area contributed by atoms with Crippen molar-refractivity contribution in [3.63, 3.8) is 0 Å². The van der Waals surface area contributed by atoms with Crippen LogP contribution in [0.15, 0.2) is 12.3 Å². The maximum Gasteiger partial charge on any atom is 0.225 e. The molecule has 2 heterocycles. The molecule has 4 heteroatoms.